The number of ether oxygens (including phenoxy) is 1. The minimum atomic E-state index is -1.14. The molecule has 19 heavy (non-hydrogen) atoms. The number of aliphatic carboxylic acids is 1. The molecule has 0 aliphatic carbocycles. The van der Waals surface area contributed by atoms with Crippen LogP contribution < -0.4 is 10.6 Å². The summed E-state index contributed by atoms with van der Waals surface area (Å²) in [5.74, 6) is -1.14. The monoisotopic (exact) mass is 287 g/mol. The Hall–Kier alpha value is -1.67. The van der Waals surface area contributed by atoms with Gasteiger partial charge in [0.2, 0.25) is 0 Å². The highest BCUT2D eigenvalue weighted by atomic mass is 32.1. The van der Waals surface area contributed by atoms with Crippen LogP contribution in [0.1, 0.15) is 22.9 Å². The summed E-state index contributed by atoms with van der Waals surface area (Å²) in [5, 5.41) is 14.6. The molecule has 0 aliphatic heterocycles. The van der Waals surface area contributed by atoms with E-state index in [1.54, 1.807) is 13.1 Å². The quantitative estimate of drug-likeness (QED) is 0.722. The Labute approximate surface area is 115 Å². The van der Waals surface area contributed by atoms with Crippen molar-refractivity contribution in [2.75, 3.05) is 13.7 Å². The van der Waals surface area contributed by atoms with Crippen LogP contribution in [0.25, 0.3) is 0 Å². The van der Waals surface area contributed by atoms with Gasteiger partial charge in [0.25, 0.3) is 0 Å². The third-order valence-corrected chi connectivity index (χ3v) is 3.39. The van der Waals surface area contributed by atoms with E-state index in [-0.39, 0.29) is 12.6 Å². The van der Waals surface area contributed by atoms with Crippen LogP contribution >= 0.6 is 11.3 Å². The number of hydrogen-bond donors (Lipinski definition) is 3. The van der Waals surface area contributed by atoms with Crippen LogP contribution in [0, 0.1) is 6.92 Å². The average Bonchev–Trinajstić information content (AvgIpc) is 2.75. The lowest BCUT2D eigenvalue weighted by Gasteiger charge is -2.16. The number of amides is 2. The van der Waals surface area contributed by atoms with Crippen molar-refractivity contribution in [2.45, 2.75) is 25.9 Å². The van der Waals surface area contributed by atoms with Crippen LogP contribution in [0.2, 0.25) is 0 Å². The molecule has 1 aromatic rings. The van der Waals surface area contributed by atoms with E-state index in [0.717, 1.165) is 9.88 Å². The lowest BCUT2D eigenvalue weighted by molar-refractivity contribution is -0.140. The third kappa shape index (κ3) is 4.84. The van der Waals surface area contributed by atoms with Gasteiger partial charge in [-0.1, -0.05) is 0 Å². The largest absolute Gasteiger partial charge is 0.480 e. The molecule has 0 fully saturated rings. The van der Waals surface area contributed by atoms with Crippen LogP contribution in [0.15, 0.2) is 6.20 Å². The van der Waals surface area contributed by atoms with E-state index in [9.17, 15) is 9.59 Å². The van der Waals surface area contributed by atoms with Crippen molar-refractivity contribution in [2.24, 2.45) is 0 Å². The second-order valence-corrected chi connectivity index (χ2v) is 5.26. The molecule has 106 valence electrons. The number of nitrogens with zero attached hydrogens (tertiary/aromatic N) is 1. The van der Waals surface area contributed by atoms with Crippen molar-refractivity contribution in [1.82, 2.24) is 15.6 Å². The highest BCUT2D eigenvalue weighted by Crippen LogP contribution is 2.18. The van der Waals surface area contributed by atoms with Crippen molar-refractivity contribution in [3.8, 4) is 0 Å². The predicted molar refractivity (Wildman–Crippen MR) is 70.2 cm³/mol. The van der Waals surface area contributed by atoms with Gasteiger partial charge < -0.3 is 20.5 Å². The van der Waals surface area contributed by atoms with Gasteiger partial charge in [0, 0.05) is 18.2 Å². The first-order valence-corrected chi connectivity index (χ1v) is 6.46. The van der Waals surface area contributed by atoms with E-state index in [0.29, 0.717) is 0 Å². The number of carbonyl (C=O) groups excluding carboxylic acids is 1. The number of nitrogens with one attached hydrogen (secondary N) is 2. The molecule has 0 saturated carbocycles. The molecule has 0 saturated heterocycles. The molecule has 0 aromatic carbocycles. The van der Waals surface area contributed by atoms with Crippen LogP contribution in [0.4, 0.5) is 4.79 Å². The number of methoxy groups -OCH3 is 1. The van der Waals surface area contributed by atoms with Gasteiger partial charge in [-0.2, -0.15) is 0 Å². The Bertz CT molecular complexity index is 449. The molecular weight excluding hydrogens is 270 g/mol. The number of carboxylic acids is 1. The number of carbonyl (C=O) groups is 2. The van der Waals surface area contributed by atoms with Crippen LogP contribution in [-0.2, 0) is 9.53 Å². The Balaban J connectivity index is 2.52. The van der Waals surface area contributed by atoms with Crippen LogP contribution in [-0.4, -0.2) is 41.8 Å². The normalized spacial score (nSPS) is 13.6. The minimum absolute atomic E-state index is 0.0898. The molecule has 1 aromatic heterocycles. The van der Waals surface area contributed by atoms with Crippen molar-refractivity contribution in [3.63, 3.8) is 0 Å². The molecule has 0 bridgehead atoms. The fraction of sp³-hybridized carbons (Fsp3) is 0.545. The predicted octanol–water partition coefficient (Wildman–Crippen LogP) is 0.911. The van der Waals surface area contributed by atoms with E-state index in [4.69, 9.17) is 9.84 Å². The fourth-order valence-corrected chi connectivity index (χ4v) is 2.15. The lowest BCUT2D eigenvalue weighted by Crippen LogP contribution is -2.48. The Morgan fingerprint density at radius 2 is 2.21 bits per heavy atom. The first-order chi connectivity index (χ1) is 8.93. The molecule has 8 heteroatoms. The van der Waals surface area contributed by atoms with Gasteiger partial charge in [-0.05, 0) is 13.8 Å². The lowest BCUT2D eigenvalue weighted by atomic mass is 10.3. The summed E-state index contributed by atoms with van der Waals surface area (Å²) >= 11 is 1.48. The molecule has 0 aliphatic rings. The minimum Gasteiger partial charge on any atom is -0.480 e. The standard InChI is InChI=1S/C11H17N3O4S/c1-6-4-12-9(19-6)7(2)13-11(17)14-8(5-18-3)10(15)16/h4,7-8H,5H2,1-3H3,(H,15,16)(H2,13,14,17). The molecular formula is C11H17N3O4S. The number of thiazole rings is 1. The molecule has 1 heterocycles. The summed E-state index contributed by atoms with van der Waals surface area (Å²) in [6, 6.07) is -1.92. The molecule has 2 amide bonds. The SMILES string of the molecule is COCC(NC(=O)NC(C)c1ncc(C)s1)C(=O)O. The molecule has 7 nitrogen and oxygen atoms in total. The highest BCUT2D eigenvalue weighted by molar-refractivity contribution is 7.11. The van der Waals surface area contributed by atoms with E-state index in [1.807, 2.05) is 6.92 Å². The summed E-state index contributed by atoms with van der Waals surface area (Å²) in [6.07, 6.45) is 1.72. The maximum Gasteiger partial charge on any atom is 0.328 e. The average molecular weight is 287 g/mol. The zero-order chi connectivity index (χ0) is 14.4. The Morgan fingerprint density at radius 3 is 2.68 bits per heavy atom. The van der Waals surface area contributed by atoms with Crippen molar-refractivity contribution in [3.05, 3.63) is 16.1 Å². The van der Waals surface area contributed by atoms with E-state index in [2.05, 4.69) is 15.6 Å². The first-order valence-electron chi connectivity index (χ1n) is 5.65. The van der Waals surface area contributed by atoms with Crippen molar-refractivity contribution in [1.29, 1.82) is 0 Å². The molecule has 2 unspecified atom stereocenters. The maximum absolute atomic E-state index is 11.7. The number of rotatable bonds is 6. The number of carboxylic acid groups (broad SMARTS) is 1. The van der Waals surface area contributed by atoms with Crippen LogP contribution in [0.5, 0.6) is 0 Å². The van der Waals surface area contributed by atoms with Gasteiger partial charge >= 0.3 is 12.0 Å². The second-order valence-electron chi connectivity index (χ2n) is 3.99. The number of aryl methyl sites for hydroxylation is 1. The summed E-state index contributed by atoms with van der Waals surface area (Å²) < 4.78 is 4.73. The molecule has 0 spiro atoms. The summed E-state index contributed by atoms with van der Waals surface area (Å²) in [6.45, 7) is 3.62. The van der Waals surface area contributed by atoms with Gasteiger partial charge in [0.1, 0.15) is 5.01 Å². The van der Waals surface area contributed by atoms with E-state index in [1.165, 1.54) is 18.4 Å². The highest BCUT2D eigenvalue weighted by Gasteiger charge is 2.21. The third-order valence-electron chi connectivity index (χ3n) is 2.29. The van der Waals surface area contributed by atoms with Gasteiger partial charge in [-0.3, -0.25) is 0 Å². The summed E-state index contributed by atoms with van der Waals surface area (Å²) in [5.41, 5.74) is 0. The molecule has 2 atom stereocenters. The fourth-order valence-electron chi connectivity index (χ4n) is 1.37. The number of aromatic nitrogens is 1. The van der Waals surface area contributed by atoms with Crippen LogP contribution in [0.3, 0.4) is 0 Å². The van der Waals surface area contributed by atoms with Gasteiger partial charge in [-0.15, -0.1) is 11.3 Å². The molecule has 0 radical (unpaired) electrons. The van der Waals surface area contributed by atoms with Gasteiger partial charge in [0.05, 0.1) is 12.6 Å². The Kier molecular flexibility index (Phi) is 5.71. The smallest absolute Gasteiger partial charge is 0.328 e. The molecule has 3 N–H and O–H groups in total. The zero-order valence-corrected chi connectivity index (χ0v) is 11.8. The van der Waals surface area contributed by atoms with Crippen molar-refractivity contribution < 1.29 is 19.4 Å². The number of hydrogen-bond acceptors (Lipinski definition) is 5. The first kappa shape index (κ1) is 15.4. The molecule has 1 rings (SSSR count). The van der Waals surface area contributed by atoms with E-state index >= 15 is 0 Å². The summed E-state index contributed by atoms with van der Waals surface area (Å²) in [4.78, 5) is 27.7. The van der Waals surface area contributed by atoms with E-state index < -0.39 is 18.0 Å². The van der Waals surface area contributed by atoms with Gasteiger partial charge in [-0.25, -0.2) is 14.6 Å². The maximum atomic E-state index is 11.7. The second kappa shape index (κ2) is 7.05. The summed E-state index contributed by atoms with van der Waals surface area (Å²) in [7, 11) is 1.37. The Morgan fingerprint density at radius 1 is 1.53 bits per heavy atom. The topological polar surface area (TPSA) is 101 Å². The van der Waals surface area contributed by atoms with Gasteiger partial charge in [0.15, 0.2) is 6.04 Å². The number of urea groups is 1. The zero-order valence-electron chi connectivity index (χ0n) is 11.0. The van der Waals surface area contributed by atoms with Crippen molar-refractivity contribution >= 4 is 23.3 Å².